The van der Waals surface area contributed by atoms with Gasteiger partial charge in [-0.2, -0.15) is 0 Å². The number of methoxy groups -OCH3 is 2. The van der Waals surface area contributed by atoms with Crippen LogP contribution in [0.5, 0.6) is 17.2 Å². The van der Waals surface area contributed by atoms with Crippen molar-refractivity contribution in [3.8, 4) is 17.2 Å². The predicted molar refractivity (Wildman–Crippen MR) is 154 cm³/mol. The van der Waals surface area contributed by atoms with Crippen LogP contribution in [0, 0.1) is 0 Å². The van der Waals surface area contributed by atoms with Crippen molar-refractivity contribution in [1.82, 2.24) is 5.32 Å². The van der Waals surface area contributed by atoms with Crippen LogP contribution in [0.3, 0.4) is 0 Å². The SMILES string of the molecule is COc1cc(CNC(=O)[C@]2(Cc3ccccc3N=[N+]=[N-])N=C(c3ccc(OCCCO)cc3)O[C@@H]2C)cc(OC)c1. The summed E-state index contributed by atoms with van der Waals surface area (Å²) in [7, 11) is 3.13. The molecule has 4 rings (SSSR count). The number of aliphatic hydroxyl groups excluding tert-OH is 1. The first-order valence-corrected chi connectivity index (χ1v) is 13.2. The average molecular weight is 560 g/mol. The lowest BCUT2D eigenvalue weighted by molar-refractivity contribution is -0.128. The van der Waals surface area contributed by atoms with Crippen molar-refractivity contribution in [3.05, 3.63) is 93.9 Å². The van der Waals surface area contributed by atoms with E-state index in [1.807, 2.05) is 36.4 Å². The van der Waals surface area contributed by atoms with Crippen LogP contribution in [-0.4, -0.2) is 56.0 Å². The molecule has 1 aliphatic rings. The van der Waals surface area contributed by atoms with E-state index in [9.17, 15) is 4.79 Å². The molecule has 1 amide bonds. The van der Waals surface area contributed by atoms with E-state index in [2.05, 4.69) is 15.3 Å². The second-order valence-corrected chi connectivity index (χ2v) is 9.45. The Hall–Kier alpha value is -4.73. The van der Waals surface area contributed by atoms with Crippen LogP contribution in [0.4, 0.5) is 5.69 Å². The fourth-order valence-corrected chi connectivity index (χ4v) is 4.54. The first-order valence-electron chi connectivity index (χ1n) is 13.2. The monoisotopic (exact) mass is 559 g/mol. The van der Waals surface area contributed by atoms with Crippen molar-refractivity contribution in [2.24, 2.45) is 10.1 Å². The van der Waals surface area contributed by atoms with Crippen LogP contribution in [0.2, 0.25) is 0 Å². The fourth-order valence-electron chi connectivity index (χ4n) is 4.54. The van der Waals surface area contributed by atoms with Gasteiger partial charge in [0.2, 0.25) is 5.90 Å². The maximum atomic E-state index is 14.0. The normalized spacial score (nSPS) is 17.6. The Bertz CT molecular complexity index is 1420. The number of aliphatic hydroxyl groups is 1. The highest BCUT2D eigenvalue weighted by molar-refractivity contribution is 6.01. The molecule has 0 unspecified atom stereocenters. The smallest absolute Gasteiger partial charge is 0.252 e. The molecule has 1 aliphatic heterocycles. The molecule has 11 nitrogen and oxygen atoms in total. The first kappa shape index (κ1) is 29.3. The molecule has 0 aromatic heterocycles. The van der Waals surface area contributed by atoms with E-state index in [0.717, 1.165) is 5.56 Å². The zero-order chi connectivity index (χ0) is 29.2. The van der Waals surface area contributed by atoms with E-state index in [1.54, 1.807) is 51.5 Å². The summed E-state index contributed by atoms with van der Waals surface area (Å²) in [6.07, 6.45) is 0.0339. The van der Waals surface area contributed by atoms with Crippen molar-refractivity contribution < 1.29 is 28.8 Å². The van der Waals surface area contributed by atoms with Crippen molar-refractivity contribution in [2.75, 3.05) is 27.4 Å². The van der Waals surface area contributed by atoms with Gasteiger partial charge in [0.15, 0.2) is 5.54 Å². The molecule has 0 spiro atoms. The lowest BCUT2D eigenvalue weighted by Gasteiger charge is -2.28. The van der Waals surface area contributed by atoms with Crippen LogP contribution in [-0.2, 0) is 22.5 Å². The minimum atomic E-state index is -1.35. The molecular weight excluding hydrogens is 526 g/mol. The van der Waals surface area contributed by atoms with Crippen molar-refractivity contribution in [1.29, 1.82) is 0 Å². The minimum absolute atomic E-state index is 0.0545. The van der Waals surface area contributed by atoms with Gasteiger partial charge in [-0.05, 0) is 60.0 Å². The number of ether oxygens (including phenoxy) is 4. The Labute approximate surface area is 238 Å². The third-order valence-electron chi connectivity index (χ3n) is 6.80. The lowest BCUT2D eigenvalue weighted by Crippen LogP contribution is -2.52. The molecule has 0 saturated carbocycles. The molecule has 2 atom stereocenters. The molecule has 0 radical (unpaired) electrons. The molecule has 0 fully saturated rings. The van der Waals surface area contributed by atoms with Gasteiger partial charge in [-0.25, -0.2) is 4.99 Å². The maximum absolute atomic E-state index is 14.0. The highest BCUT2D eigenvalue weighted by Gasteiger charge is 2.50. The summed E-state index contributed by atoms with van der Waals surface area (Å²) >= 11 is 0. The fraction of sp³-hybridized carbons (Fsp3) is 0.333. The molecule has 214 valence electrons. The number of hydrogen-bond acceptors (Lipinski definition) is 8. The molecule has 0 bridgehead atoms. The zero-order valence-electron chi connectivity index (χ0n) is 23.2. The highest BCUT2D eigenvalue weighted by Crippen LogP contribution is 2.35. The second kappa shape index (κ2) is 13.6. The summed E-state index contributed by atoms with van der Waals surface area (Å²) in [5.41, 5.74) is 10.3. The van der Waals surface area contributed by atoms with Gasteiger partial charge in [0.25, 0.3) is 5.91 Å². The summed E-state index contributed by atoms with van der Waals surface area (Å²) < 4.78 is 22.5. The number of nitrogens with zero attached hydrogens (tertiary/aromatic N) is 4. The van der Waals surface area contributed by atoms with Gasteiger partial charge in [0.1, 0.15) is 23.4 Å². The number of benzene rings is 3. The summed E-state index contributed by atoms with van der Waals surface area (Å²) in [5.74, 6) is 1.83. The third kappa shape index (κ3) is 6.89. The minimum Gasteiger partial charge on any atom is -0.497 e. The Kier molecular flexibility index (Phi) is 9.68. The number of azide groups is 1. The van der Waals surface area contributed by atoms with Gasteiger partial charge in [-0.15, -0.1) is 0 Å². The van der Waals surface area contributed by atoms with Crippen LogP contribution in [0.15, 0.2) is 76.8 Å². The van der Waals surface area contributed by atoms with Crippen LogP contribution < -0.4 is 19.5 Å². The number of nitrogens with one attached hydrogen (secondary N) is 1. The average Bonchev–Trinajstić information content (AvgIpc) is 3.33. The topological polar surface area (TPSA) is 147 Å². The molecule has 41 heavy (non-hydrogen) atoms. The van der Waals surface area contributed by atoms with Crippen molar-refractivity contribution in [3.63, 3.8) is 0 Å². The molecular formula is C30H33N5O6. The van der Waals surface area contributed by atoms with Crippen molar-refractivity contribution >= 4 is 17.5 Å². The quantitative estimate of drug-likeness (QED) is 0.132. The summed E-state index contributed by atoms with van der Waals surface area (Å²) in [6, 6.07) is 19.7. The van der Waals surface area contributed by atoms with Gasteiger partial charge >= 0.3 is 0 Å². The predicted octanol–water partition coefficient (Wildman–Crippen LogP) is 4.87. The van der Waals surface area contributed by atoms with Gasteiger partial charge in [-0.1, -0.05) is 29.4 Å². The van der Waals surface area contributed by atoms with Gasteiger partial charge in [0.05, 0.1) is 20.8 Å². The molecule has 3 aromatic carbocycles. The van der Waals surface area contributed by atoms with Gasteiger partial charge < -0.3 is 29.4 Å². The van der Waals surface area contributed by atoms with E-state index < -0.39 is 11.6 Å². The van der Waals surface area contributed by atoms with Crippen LogP contribution >= 0.6 is 0 Å². The molecule has 2 N–H and O–H groups in total. The maximum Gasteiger partial charge on any atom is 0.252 e. The molecule has 3 aromatic rings. The second-order valence-electron chi connectivity index (χ2n) is 9.45. The largest absolute Gasteiger partial charge is 0.497 e. The van der Waals surface area contributed by atoms with E-state index >= 15 is 0 Å². The van der Waals surface area contributed by atoms with E-state index in [4.69, 9.17) is 34.6 Å². The van der Waals surface area contributed by atoms with Crippen molar-refractivity contribution in [2.45, 2.75) is 38.0 Å². The number of hydrogen-bond donors (Lipinski definition) is 2. The summed E-state index contributed by atoms with van der Waals surface area (Å²) in [6.45, 7) is 2.45. The number of carbonyl (C=O) groups excluding carboxylic acids is 1. The summed E-state index contributed by atoms with van der Waals surface area (Å²) in [4.78, 5) is 21.8. The Morgan fingerprint density at radius 1 is 1.10 bits per heavy atom. The van der Waals surface area contributed by atoms with Gasteiger partial charge in [0, 0.05) is 48.2 Å². The lowest BCUT2D eigenvalue weighted by atomic mass is 9.85. The first-order chi connectivity index (χ1) is 19.9. The summed E-state index contributed by atoms with van der Waals surface area (Å²) in [5, 5.41) is 15.8. The third-order valence-corrected chi connectivity index (χ3v) is 6.80. The molecule has 11 heteroatoms. The highest BCUT2D eigenvalue weighted by atomic mass is 16.5. The number of rotatable bonds is 13. The number of amides is 1. The Morgan fingerprint density at radius 3 is 2.46 bits per heavy atom. The molecule has 0 saturated heterocycles. The number of aliphatic imine (C=N–C) groups is 1. The number of carbonyl (C=O) groups is 1. The molecule has 0 aliphatic carbocycles. The van der Waals surface area contributed by atoms with Crippen LogP contribution in [0.1, 0.15) is 30.0 Å². The molecule has 1 heterocycles. The van der Waals surface area contributed by atoms with Gasteiger partial charge in [-0.3, -0.25) is 4.79 Å². The van der Waals surface area contributed by atoms with Crippen LogP contribution in [0.25, 0.3) is 10.4 Å². The Balaban J connectivity index is 1.66. The van der Waals surface area contributed by atoms with E-state index in [0.29, 0.717) is 53.0 Å². The Morgan fingerprint density at radius 2 is 1.80 bits per heavy atom. The van der Waals surface area contributed by atoms with E-state index in [-0.39, 0.29) is 25.5 Å². The standard InChI is InChI=1S/C30H33N5O6/c1-20-30(18-23-7-4-5-8-27(23)34-35-31,29(37)32-19-21-15-25(38-2)17-26(16-21)39-3)33-28(41-20)22-9-11-24(12-10-22)40-14-6-13-36/h4-5,7-12,15-17,20,36H,6,13-14,18-19H2,1-3H3,(H,32,37)/t20-,30-/m1/s1. The zero-order valence-corrected chi connectivity index (χ0v) is 23.2. The van der Waals surface area contributed by atoms with E-state index in [1.165, 1.54) is 0 Å².